The van der Waals surface area contributed by atoms with E-state index in [9.17, 15) is 18.0 Å². The average molecular weight is 519 g/mol. The molecule has 3 aromatic heterocycles. The van der Waals surface area contributed by atoms with E-state index >= 15 is 0 Å². The van der Waals surface area contributed by atoms with Crippen molar-refractivity contribution in [2.75, 3.05) is 0 Å². The summed E-state index contributed by atoms with van der Waals surface area (Å²) in [6, 6.07) is 17.6. The molecule has 0 saturated heterocycles. The van der Waals surface area contributed by atoms with Crippen molar-refractivity contribution in [2.45, 2.75) is 40.0 Å². The number of alkyl halides is 3. The molecule has 2 aromatic carbocycles. The number of rotatable bonds is 5. The molecule has 0 fully saturated rings. The van der Waals surface area contributed by atoms with Crippen LogP contribution in [0, 0.1) is 20.8 Å². The van der Waals surface area contributed by atoms with Gasteiger partial charge in [-0.15, -0.1) is 10.2 Å². The lowest BCUT2D eigenvalue weighted by molar-refractivity contribution is -0.141. The monoisotopic (exact) mass is 518 g/mol. The first-order valence-electron chi connectivity index (χ1n) is 12.0. The maximum Gasteiger partial charge on any atom is 0.433 e. The first-order chi connectivity index (χ1) is 18.1. The Morgan fingerprint density at radius 1 is 0.816 bits per heavy atom. The molecule has 0 aliphatic rings. The van der Waals surface area contributed by atoms with Gasteiger partial charge in [-0.2, -0.15) is 13.2 Å². The highest BCUT2D eigenvalue weighted by Crippen LogP contribution is 2.34. The molecule has 0 atom stereocenters. The predicted molar refractivity (Wildman–Crippen MR) is 139 cm³/mol. The number of aryl methyl sites for hydroxylation is 3. The van der Waals surface area contributed by atoms with Gasteiger partial charge in [0.15, 0.2) is 11.5 Å². The van der Waals surface area contributed by atoms with Crippen molar-refractivity contribution in [1.29, 1.82) is 0 Å². The highest BCUT2D eigenvalue weighted by molar-refractivity contribution is 5.91. The van der Waals surface area contributed by atoms with Crippen molar-refractivity contribution >= 4 is 5.65 Å². The van der Waals surface area contributed by atoms with Gasteiger partial charge in [-0.3, -0.25) is 4.79 Å². The number of hydrogen-bond donors (Lipinski definition) is 1. The lowest BCUT2D eigenvalue weighted by atomic mass is 9.95. The molecule has 0 aliphatic carbocycles. The fraction of sp³-hybridized carbons (Fsp3) is 0.214. The van der Waals surface area contributed by atoms with Crippen LogP contribution < -0.4 is 11.3 Å². The second-order valence-electron chi connectivity index (χ2n) is 9.24. The number of nitrogens with zero attached hydrogens (tertiary/aromatic N) is 5. The number of nitrogens with two attached hydrogens (primary N) is 1. The van der Waals surface area contributed by atoms with Gasteiger partial charge in [-0.1, -0.05) is 65.7 Å². The fourth-order valence-corrected chi connectivity index (χ4v) is 4.49. The summed E-state index contributed by atoms with van der Waals surface area (Å²) in [5.41, 5.74) is 10.2. The SMILES string of the molecule is Cc1ccc(-c2c(-c3ccc(C)cc3)c3nnc(CN)n3n(Cc3ccc(C(F)(F)F)nc3C)c2=O)cc1. The van der Waals surface area contributed by atoms with Crippen LogP contribution in [0.4, 0.5) is 13.2 Å². The minimum atomic E-state index is -4.57. The van der Waals surface area contributed by atoms with Gasteiger partial charge >= 0.3 is 6.18 Å². The Hall–Kier alpha value is -4.31. The molecule has 0 amide bonds. The van der Waals surface area contributed by atoms with Crippen molar-refractivity contribution in [2.24, 2.45) is 5.73 Å². The van der Waals surface area contributed by atoms with Gasteiger partial charge in [0.1, 0.15) is 5.69 Å². The molecule has 3 heterocycles. The smallest absolute Gasteiger partial charge is 0.324 e. The van der Waals surface area contributed by atoms with Gasteiger partial charge in [0, 0.05) is 11.3 Å². The molecule has 5 aromatic rings. The van der Waals surface area contributed by atoms with Gasteiger partial charge in [-0.05, 0) is 43.5 Å². The van der Waals surface area contributed by atoms with Crippen LogP contribution in [0.1, 0.15) is 33.9 Å². The highest BCUT2D eigenvalue weighted by atomic mass is 19.4. The summed E-state index contributed by atoms with van der Waals surface area (Å²) in [7, 11) is 0. The predicted octanol–water partition coefficient (Wildman–Crippen LogP) is 5.07. The van der Waals surface area contributed by atoms with Gasteiger partial charge in [0.05, 0.1) is 18.7 Å². The second-order valence-corrected chi connectivity index (χ2v) is 9.24. The van der Waals surface area contributed by atoms with E-state index in [0.717, 1.165) is 22.8 Å². The summed E-state index contributed by atoms with van der Waals surface area (Å²) in [6.07, 6.45) is -4.57. The van der Waals surface area contributed by atoms with Crippen LogP contribution in [0.3, 0.4) is 0 Å². The number of fused-ring (bicyclic) bond motifs is 1. The van der Waals surface area contributed by atoms with Crippen molar-refractivity contribution in [3.05, 3.63) is 105 Å². The molecule has 5 rings (SSSR count). The van der Waals surface area contributed by atoms with Crippen molar-refractivity contribution in [3.8, 4) is 22.3 Å². The Morgan fingerprint density at radius 2 is 1.39 bits per heavy atom. The van der Waals surface area contributed by atoms with Crippen LogP contribution in [0.2, 0.25) is 0 Å². The van der Waals surface area contributed by atoms with Gasteiger partial charge < -0.3 is 5.73 Å². The summed E-state index contributed by atoms with van der Waals surface area (Å²) in [5.74, 6) is 0.346. The van der Waals surface area contributed by atoms with E-state index in [1.165, 1.54) is 17.7 Å². The minimum absolute atomic E-state index is 0.00205. The molecular formula is C28H25F3N6O. The molecule has 38 heavy (non-hydrogen) atoms. The third-order valence-electron chi connectivity index (χ3n) is 6.54. The topological polar surface area (TPSA) is 91.1 Å². The number of halogens is 3. The Morgan fingerprint density at radius 3 is 1.92 bits per heavy atom. The van der Waals surface area contributed by atoms with E-state index in [4.69, 9.17) is 5.73 Å². The molecule has 0 bridgehead atoms. The molecule has 0 radical (unpaired) electrons. The number of pyridine rings is 1. The fourth-order valence-electron chi connectivity index (χ4n) is 4.49. The summed E-state index contributed by atoms with van der Waals surface area (Å²) in [6.45, 7) is 5.37. The minimum Gasteiger partial charge on any atom is -0.324 e. The summed E-state index contributed by atoms with van der Waals surface area (Å²) >= 11 is 0. The quantitative estimate of drug-likeness (QED) is 0.351. The molecule has 2 N–H and O–H groups in total. The van der Waals surface area contributed by atoms with Gasteiger partial charge in [-0.25, -0.2) is 14.2 Å². The van der Waals surface area contributed by atoms with Crippen LogP contribution in [-0.4, -0.2) is 24.4 Å². The maximum absolute atomic E-state index is 14.3. The zero-order chi connectivity index (χ0) is 27.2. The van der Waals surface area contributed by atoms with E-state index in [0.29, 0.717) is 33.7 Å². The lowest BCUT2D eigenvalue weighted by Gasteiger charge is -2.18. The average Bonchev–Trinajstić information content (AvgIpc) is 3.31. The Labute approximate surface area is 216 Å². The third-order valence-corrected chi connectivity index (χ3v) is 6.54. The molecule has 194 valence electrons. The molecule has 0 saturated carbocycles. The molecule has 0 spiro atoms. The first-order valence-corrected chi connectivity index (χ1v) is 12.0. The summed E-state index contributed by atoms with van der Waals surface area (Å²) < 4.78 is 42.6. The molecule has 0 aliphatic heterocycles. The second kappa shape index (κ2) is 9.53. The van der Waals surface area contributed by atoms with Crippen LogP contribution >= 0.6 is 0 Å². The van der Waals surface area contributed by atoms with Gasteiger partial charge in [0.25, 0.3) is 5.56 Å². The standard InChI is InChI=1S/C28H25F3N6O/c1-16-4-8-19(9-5-16)24-25(20-10-6-17(2)7-11-20)27(38)36(37-23(14-32)34-35-26(24)37)15-21-12-13-22(28(29,30)31)33-18(21)3/h4-13H,14-15,32H2,1-3H3. The van der Waals surface area contributed by atoms with Crippen LogP contribution in [-0.2, 0) is 19.3 Å². The van der Waals surface area contributed by atoms with E-state index < -0.39 is 11.9 Å². The molecule has 7 nitrogen and oxygen atoms in total. The largest absolute Gasteiger partial charge is 0.433 e. The van der Waals surface area contributed by atoms with Crippen molar-refractivity contribution < 1.29 is 13.2 Å². The lowest BCUT2D eigenvalue weighted by Crippen LogP contribution is -2.31. The van der Waals surface area contributed by atoms with Crippen LogP contribution in [0.5, 0.6) is 0 Å². The number of benzene rings is 2. The van der Waals surface area contributed by atoms with E-state index in [2.05, 4.69) is 15.2 Å². The van der Waals surface area contributed by atoms with Crippen LogP contribution in [0.25, 0.3) is 27.9 Å². The van der Waals surface area contributed by atoms with Crippen molar-refractivity contribution in [1.82, 2.24) is 24.4 Å². The Balaban J connectivity index is 1.83. The Kier molecular flexibility index (Phi) is 6.36. The zero-order valence-electron chi connectivity index (χ0n) is 21.0. The normalized spacial score (nSPS) is 11.9. The summed E-state index contributed by atoms with van der Waals surface area (Å²) in [4.78, 5) is 18.0. The first kappa shape index (κ1) is 25.3. The van der Waals surface area contributed by atoms with Crippen molar-refractivity contribution in [3.63, 3.8) is 0 Å². The third kappa shape index (κ3) is 4.47. The zero-order valence-corrected chi connectivity index (χ0v) is 21.0. The van der Waals surface area contributed by atoms with E-state index in [1.54, 1.807) is 4.52 Å². The van der Waals surface area contributed by atoms with E-state index in [1.807, 2.05) is 62.4 Å². The summed E-state index contributed by atoms with van der Waals surface area (Å²) in [5, 5.41) is 8.66. The molecule has 10 heteroatoms. The highest BCUT2D eigenvalue weighted by Gasteiger charge is 2.33. The molecular weight excluding hydrogens is 493 g/mol. The Bertz CT molecular complexity index is 1700. The number of aromatic nitrogens is 5. The number of hydrogen-bond acceptors (Lipinski definition) is 5. The maximum atomic E-state index is 14.3. The van der Waals surface area contributed by atoms with E-state index in [-0.39, 0.29) is 24.3 Å². The van der Waals surface area contributed by atoms with Gasteiger partial charge in [0.2, 0.25) is 0 Å². The van der Waals surface area contributed by atoms with Crippen LogP contribution in [0.15, 0.2) is 65.5 Å². The molecule has 0 unspecified atom stereocenters.